The first-order valence-electron chi connectivity index (χ1n) is 9.69. The van der Waals surface area contributed by atoms with Gasteiger partial charge in [0.05, 0.1) is 6.04 Å². The van der Waals surface area contributed by atoms with E-state index in [2.05, 4.69) is 73.6 Å². The molecule has 134 valence electrons. The molecule has 1 unspecified atom stereocenters. The van der Waals surface area contributed by atoms with Crippen LogP contribution in [0.5, 0.6) is 0 Å². The predicted octanol–water partition coefficient (Wildman–Crippen LogP) is 7.61. The first kappa shape index (κ1) is 17.5. The van der Waals surface area contributed by atoms with Gasteiger partial charge in [0.25, 0.3) is 0 Å². The van der Waals surface area contributed by atoms with Gasteiger partial charge in [-0.25, -0.2) is 0 Å². The number of benzene rings is 3. The topological polar surface area (TPSA) is 24.7 Å². The highest BCUT2D eigenvalue weighted by atomic mass is 32.2. The summed E-state index contributed by atoms with van der Waals surface area (Å²) >= 11 is 1.83. The van der Waals surface area contributed by atoms with Gasteiger partial charge in [-0.15, -0.1) is 0 Å². The summed E-state index contributed by atoms with van der Waals surface area (Å²) in [5.41, 5.74) is 0. The maximum absolute atomic E-state index is 4.77. The molecule has 1 fully saturated rings. The number of azo groups is 1. The standard InChI is InChI=1S/C23H26N2S/c1-3-23(2,25-24-19-9-5-6-10-19)26-20-14-15-22-18(16-20)13-12-17-8-4-7-11-21(17)22/h4,7-8,11-16,19H,3,5-6,9-10H2,1-2H3. The van der Waals surface area contributed by atoms with Crippen LogP contribution in [0.4, 0.5) is 0 Å². The Labute approximate surface area is 160 Å². The molecule has 0 N–H and O–H groups in total. The van der Waals surface area contributed by atoms with E-state index >= 15 is 0 Å². The SMILES string of the molecule is CCC(C)(N=NC1CCCC1)Sc1ccc2c(ccc3ccccc32)c1. The molecular weight excluding hydrogens is 336 g/mol. The number of thioether (sulfide) groups is 1. The van der Waals surface area contributed by atoms with E-state index in [0.717, 1.165) is 6.42 Å². The molecule has 0 radical (unpaired) electrons. The molecule has 1 saturated carbocycles. The van der Waals surface area contributed by atoms with Gasteiger partial charge < -0.3 is 0 Å². The van der Waals surface area contributed by atoms with Gasteiger partial charge in [0.15, 0.2) is 0 Å². The third-order valence-electron chi connectivity index (χ3n) is 5.47. The van der Waals surface area contributed by atoms with Gasteiger partial charge in [-0.05, 0) is 59.9 Å². The third-order valence-corrected chi connectivity index (χ3v) is 6.77. The van der Waals surface area contributed by atoms with Gasteiger partial charge in [0, 0.05) is 4.90 Å². The number of nitrogens with zero attached hydrogens (tertiary/aromatic N) is 2. The van der Waals surface area contributed by atoms with Crippen LogP contribution in [-0.4, -0.2) is 10.9 Å². The Kier molecular flexibility index (Phi) is 4.99. The molecule has 3 aromatic carbocycles. The Morgan fingerprint density at radius 2 is 1.69 bits per heavy atom. The molecule has 0 amide bonds. The zero-order valence-corrected chi connectivity index (χ0v) is 16.4. The molecule has 0 bridgehead atoms. The van der Waals surface area contributed by atoms with Crippen LogP contribution in [0.2, 0.25) is 0 Å². The van der Waals surface area contributed by atoms with E-state index in [1.54, 1.807) is 0 Å². The molecule has 1 atom stereocenters. The van der Waals surface area contributed by atoms with Crippen molar-refractivity contribution in [2.24, 2.45) is 10.2 Å². The second-order valence-electron chi connectivity index (χ2n) is 7.45. The van der Waals surface area contributed by atoms with Crippen molar-refractivity contribution in [1.29, 1.82) is 0 Å². The maximum atomic E-state index is 4.77. The van der Waals surface area contributed by atoms with E-state index in [-0.39, 0.29) is 4.87 Å². The highest BCUT2D eigenvalue weighted by Gasteiger charge is 2.24. The van der Waals surface area contributed by atoms with Crippen LogP contribution in [-0.2, 0) is 0 Å². The quantitative estimate of drug-likeness (QED) is 0.260. The fraction of sp³-hybridized carbons (Fsp3) is 0.391. The molecule has 0 heterocycles. The summed E-state index contributed by atoms with van der Waals surface area (Å²) in [5, 5.41) is 14.7. The van der Waals surface area contributed by atoms with Crippen molar-refractivity contribution < 1.29 is 0 Å². The minimum atomic E-state index is -0.187. The van der Waals surface area contributed by atoms with Crippen LogP contribution in [0.3, 0.4) is 0 Å². The highest BCUT2D eigenvalue weighted by Crippen LogP contribution is 2.39. The van der Waals surface area contributed by atoms with Gasteiger partial charge in [0.1, 0.15) is 4.87 Å². The molecule has 1 aliphatic carbocycles. The first-order valence-corrected chi connectivity index (χ1v) is 10.5. The molecule has 3 aromatic rings. The van der Waals surface area contributed by atoms with Gasteiger partial charge >= 0.3 is 0 Å². The van der Waals surface area contributed by atoms with E-state index in [0.29, 0.717) is 6.04 Å². The third kappa shape index (κ3) is 3.64. The lowest BCUT2D eigenvalue weighted by molar-refractivity contribution is 0.558. The van der Waals surface area contributed by atoms with Gasteiger partial charge in [0.2, 0.25) is 0 Å². The van der Waals surface area contributed by atoms with Crippen molar-refractivity contribution in [2.45, 2.75) is 61.8 Å². The zero-order valence-electron chi connectivity index (χ0n) is 15.6. The van der Waals surface area contributed by atoms with Crippen LogP contribution in [0.25, 0.3) is 21.5 Å². The second kappa shape index (κ2) is 7.40. The van der Waals surface area contributed by atoms with Crippen molar-refractivity contribution in [3.05, 3.63) is 54.6 Å². The molecule has 26 heavy (non-hydrogen) atoms. The lowest BCUT2D eigenvalue weighted by Crippen LogP contribution is -2.15. The van der Waals surface area contributed by atoms with Crippen LogP contribution < -0.4 is 0 Å². The normalized spacial score (nSPS) is 18.1. The van der Waals surface area contributed by atoms with E-state index in [1.165, 1.54) is 52.1 Å². The first-order chi connectivity index (χ1) is 12.7. The van der Waals surface area contributed by atoms with E-state index in [1.807, 2.05) is 11.8 Å². The summed E-state index contributed by atoms with van der Waals surface area (Å²) < 4.78 is 0. The number of hydrogen-bond donors (Lipinski definition) is 0. The molecule has 0 aromatic heterocycles. The van der Waals surface area contributed by atoms with Crippen LogP contribution in [0.15, 0.2) is 69.7 Å². The molecular formula is C23H26N2S. The highest BCUT2D eigenvalue weighted by molar-refractivity contribution is 8.00. The summed E-state index contributed by atoms with van der Waals surface area (Å²) in [4.78, 5) is 1.08. The fourth-order valence-corrected chi connectivity index (χ4v) is 4.76. The number of hydrogen-bond acceptors (Lipinski definition) is 3. The Morgan fingerprint density at radius 3 is 2.50 bits per heavy atom. The minimum absolute atomic E-state index is 0.187. The van der Waals surface area contributed by atoms with Gasteiger partial charge in [-0.3, -0.25) is 0 Å². The Bertz CT molecular complexity index is 943. The largest absolute Gasteiger partial charge is 0.189 e. The molecule has 2 nitrogen and oxygen atoms in total. The van der Waals surface area contributed by atoms with Crippen LogP contribution in [0, 0.1) is 0 Å². The maximum Gasteiger partial charge on any atom is 0.128 e. The van der Waals surface area contributed by atoms with Crippen molar-refractivity contribution >= 4 is 33.3 Å². The summed E-state index contributed by atoms with van der Waals surface area (Å²) in [7, 11) is 0. The molecule has 0 aliphatic heterocycles. The second-order valence-corrected chi connectivity index (χ2v) is 9.01. The molecule has 1 aliphatic rings. The van der Waals surface area contributed by atoms with Gasteiger partial charge in [-0.2, -0.15) is 10.2 Å². The average molecular weight is 363 g/mol. The monoisotopic (exact) mass is 362 g/mol. The van der Waals surface area contributed by atoms with E-state index in [4.69, 9.17) is 5.11 Å². The van der Waals surface area contributed by atoms with Crippen molar-refractivity contribution in [2.75, 3.05) is 0 Å². The molecule has 0 spiro atoms. The molecule has 4 rings (SSSR count). The van der Waals surface area contributed by atoms with E-state index < -0.39 is 0 Å². The number of fused-ring (bicyclic) bond motifs is 3. The summed E-state index contributed by atoms with van der Waals surface area (Å²) in [6.07, 6.45) is 5.99. The predicted molar refractivity (Wildman–Crippen MR) is 113 cm³/mol. The summed E-state index contributed by atoms with van der Waals surface area (Å²) in [5.74, 6) is 0. The van der Waals surface area contributed by atoms with Crippen molar-refractivity contribution in [1.82, 2.24) is 0 Å². The van der Waals surface area contributed by atoms with Crippen molar-refractivity contribution in [3.8, 4) is 0 Å². The fourth-order valence-electron chi connectivity index (χ4n) is 3.70. The van der Waals surface area contributed by atoms with Crippen LogP contribution >= 0.6 is 11.8 Å². The van der Waals surface area contributed by atoms with E-state index in [9.17, 15) is 0 Å². The average Bonchev–Trinajstić information content (AvgIpc) is 3.20. The van der Waals surface area contributed by atoms with Crippen molar-refractivity contribution in [3.63, 3.8) is 0 Å². The lowest BCUT2D eigenvalue weighted by Gasteiger charge is -2.22. The van der Waals surface area contributed by atoms with Gasteiger partial charge in [-0.1, -0.05) is 74.0 Å². The molecule has 3 heteroatoms. The summed E-state index contributed by atoms with van der Waals surface area (Å²) in [6.45, 7) is 4.41. The van der Waals surface area contributed by atoms with Crippen LogP contribution in [0.1, 0.15) is 46.0 Å². The Hall–Kier alpha value is -1.87. The zero-order chi connectivity index (χ0) is 18.0. The lowest BCUT2D eigenvalue weighted by atomic mass is 10.0. The smallest absolute Gasteiger partial charge is 0.128 e. The minimum Gasteiger partial charge on any atom is -0.189 e. The Morgan fingerprint density at radius 1 is 0.962 bits per heavy atom. The summed E-state index contributed by atoms with van der Waals surface area (Å²) in [6, 6.07) is 20.3. The molecule has 0 saturated heterocycles. The Balaban J connectivity index is 1.62. The number of rotatable bonds is 5.